The van der Waals surface area contributed by atoms with Gasteiger partial charge >= 0.3 is 28.9 Å². The molecular weight excluding hydrogens is 334 g/mol. The molecule has 0 aromatic heterocycles. The van der Waals surface area contributed by atoms with Crippen LogP contribution < -0.4 is 0 Å². The van der Waals surface area contributed by atoms with Gasteiger partial charge in [0.25, 0.3) is 0 Å². The van der Waals surface area contributed by atoms with Crippen LogP contribution in [0.5, 0.6) is 0 Å². The molecule has 0 saturated carbocycles. The van der Waals surface area contributed by atoms with Crippen molar-refractivity contribution in [2.24, 2.45) is 0 Å². The molecule has 5 heavy (non-hydrogen) atoms. The third-order valence-electron chi connectivity index (χ3n) is 0. The molecule has 1 unspecified atom stereocenters. The second-order valence-electron chi connectivity index (χ2n) is 0. The van der Waals surface area contributed by atoms with Crippen LogP contribution in [0.3, 0.4) is 0 Å². The van der Waals surface area contributed by atoms with E-state index in [1.807, 2.05) is 0 Å². The van der Waals surface area contributed by atoms with E-state index in [1.54, 1.807) is 0 Å². The van der Waals surface area contributed by atoms with Crippen LogP contribution in [0.25, 0.3) is 0 Å². The average molecular weight is 337 g/mol. The number of hydrogen-bond donors (Lipinski definition) is 0. The summed E-state index contributed by atoms with van der Waals surface area (Å²) in [7, 11) is 0. The van der Waals surface area contributed by atoms with E-state index in [2.05, 4.69) is 6.89 Å². The van der Waals surface area contributed by atoms with Gasteiger partial charge in [-0.15, -0.1) is 0 Å². The molecule has 1 atom stereocenters. The van der Waals surface area contributed by atoms with Crippen LogP contribution in [0.2, 0.25) is 0 Å². The van der Waals surface area contributed by atoms with Gasteiger partial charge in [-0.25, -0.2) is 0 Å². The summed E-state index contributed by atoms with van der Waals surface area (Å²) in [6, 6.07) is 0. The molecule has 0 aliphatic rings. The van der Waals surface area contributed by atoms with Crippen LogP contribution in [0, 0.1) is 0 Å². The molecule has 0 aromatic rings. The molecule has 0 rings (SSSR count). The van der Waals surface area contributed by atoms with E-state index >= 15 is 0 Å². The van der Waals surface area contributed by atoms with Crippen molar-refractivity contribution in [3.05, 3.63) is 0 Å². The Morgan fingerprint density at radius 2 is 1.20 bits per heavy atom. The summed E-state index contributed by atoms with van der Waals surface area (Å²) in [5, 5.41) is 0. The largest absolute Gasteiger partial charge is 0 e. The standard InChI is InChI=1S/Cu.Fe.H2P.Sn.Zn.H/h;;1H2;;;/q;;-1;+1;;. The van der Waals surface area contributed by atoms with Gasteiger partial charge in [-0.2, -0.15) is 0 Å². The molecule has 0 aliphatic carbocycles. The van der Waals surface area contributed by atoms with Crippen molar-refractivity contribution in [1.82, 2.24) is 0 Å². The first-order valence-electron chi connectivity index (χ1n) is 0.333. The van der Waals surface area contributed by atoms with Gasteiger partial charge in [0, 0.05) is 53.6 Å². The van der Waals surface area contributed by atoms with E-state index in [1.165, 1.54) is 22.0 Å². The molecule has 33 valence electrons. The molecule has 0 bridgehead atoms. The molecule has 0 nitrogen and oxygen atoms in total. The Hall–Kier alpha value is 2.89. The molecule has 0 heterocycles. The third-order valence-corrected chi connectivity index (χ3v) is 0. The van der Waals surface area contributed by atoms with Crippen LogP contribution in [-0.2, 0) is 53.6 Å². The minimum Gasteiger partial charge on any atom is 0 e. The minimum atomic E-state index is 0. The smallest absolute Gasteiger partial charge is 0 e. The molecule has 0 saturated heterocycles. The summed E-state index contributed by atoms with van der Waals surface area (Å²) in [6.45, 7) is 2.55. The van der Waals surface area contributed by atoms with E-state index < -0.39 is 0 Å². The van der Waals surface area contributed by atoms with E-state index in [0.717, 1.165) is 0 Å². The van der Waals surface area contributed by atoms with Crippen molar-refractivity contribution in [2.75, 3.05) is 0 Å². The Morgan fingerprint density at radius 3 is 1.20 bits per heavy atom. The Balaban J connectivity index is -0.00000000167. The first-order chi connectivity index (χ1) is 1.00. The summed E-state index contributed by atoms with van der Waals surface area (Å²) in [5.41, 5.74) is 0. The summed E-state index contributed by atoms with van der Waals surface area (Å²) < 4.78 is 0. The summed E-state index contributed by atoms with van der Waals surface area (Å²) in [5.74, 6) is 0. The summed E-state index contributed by atoms with van der Waals surface area (Å²) in [4.78, 5) is 0. The monoisotopic (exact) mass is 337 g/mol. The van der Waals surface area contributed by atoms with Crippen LogP contribution in [0.4, 0.5) is 0 Å². The zero-order valence-corrected chi connectivity index (χ0v) is 12.0. The third kappa shape index (κ3) is 19.7. The number of hydrogen-bond acceptors (Lipinski definition) is 0. The predicted molar refractivity (Wildman–Crippen MR) is 16.9 cm³/mol. The fraction of sp³-hybridized carbons (Fsp3) is 0. The van der Waals surface area contributed by atoms with Gasteiger partial charge in [0.15, 0.2) is 0 Å². The van der Waals surface area contributed by atoms with Crippen LogP contribution in [-0.4, -0.2) is 22.0 Å². The van der Waals surface area contributed by atoms with Gasteiger partial charge in [0.1, 0.15) is 0 Å². The van der Waals surface area contributed by atoms with Crippen LogP contribution in [0.15, 0.2) is 0 Å². The number of rotatable bonds is 0. The van der Waals surface area contributed by atoms with E-state index in [-0.39, 0.29) is 53.6 Å². The molecule has 0 aliphatic heterocycles. The minimum absolute atomic E-state index is 0. The van der Waals surface area contributed by atoms with Gasteiger partial charge in [-0.05, 0) is 0 Å². The second-order valence-corrected chi connectivity index (χ2v) is 0. The SMILES string of the molecule is [Cu].[Fe].[PH2][SnH].[Zn]. The zero-order chi connectivity index (χ0) is 2.00. The predicted octanol–water partition coefficient (Wildman–Crippen LogP) is -0.330. The molecule has 3 radical (unpaired) electrons. The van der Waals surface area contributed by atoms with Crippen molar-refractivity contribution in [2.45, 2.75) is 0 Å². The van der Waals surface area contributed by atoms with E-state index in [0.29, 0.717) is 0 Å². The van der Waals surface area contributed by atoms with Crippen molar-refractivity contribution in [3.8, 4) is 0 Å². The molecule has 0 amide bonds. The summed E-state index contributed by atoms with van der Waals surface area (Å²) in [6.07, 6.45) is 0. The maximum absolute atomic E-state index is 2.55. The van der Waals surface area contributed by atoms with E-state index in [9.17, 15) is 0 Å². The van der Waals surface area contributed by atoms with Gasteiger partial charge in [-0.3, -0.25) is 0 Å². The average Bonchev–Trinajstić information content (AvgIpc) is 1.00. The van der Waals surface area contributed by atoms with E-state index in [4.69, 9.17) is 0 Å². The normalized spacial score (nSPS) is 1.20. The molecule has 0 fully saturated rings. The fourth-order valence-electron chi connectivity index (χ4n) is 0. The first-order valence-corrected chi connectivity index (χ1v) is 6.71. The maximum atomic E-state index is 2.55. The Labute approximate surface area is 81.3 Å². The van der Waals surface area contributed by atoms with Gasteiger partial charge in [0.2, 0.25) is 0 Å². The van der Waals surface area contributed by atoms with Crippen molar-refractivity contribution < 1.29 is 53.6 Å². The maximum Gasteiger partial charge on any atom is 0 e. The second kappa shape index (κ2) is 28.6. The zero-order valence-electron chi connectivity index (χ0n) is 2.52. The quantitative estimate of drug-likeness (QED) is 0.419. The Morgan fingerprint density at radius 1 is 1.20 bits per heavy atom. The van der Waals surface area contributed by atoms with Crippen molar-refractivity contribution in [1.29, 1.82) is 0 Å². The Bertz CT molecular complexity index is 11.6. The van der Waals surface area contributed by atoms with Gasteiger partial charge < -0.3 is 0 Å². The summed E-state index contributed by atoms with van der Waals surface area (Å²) >= 11 is 1.27. The van der Waals surface area contributed by atoms with Crippen LogP contribution >= 0.6 is 6.89 Å². The molecule has 0 spiro atoms. The van der Waals surface area contributed by atoms with Crippen LogP contribution in [0.1, 0.15) is 0 Å². The Kier molecular flexibility index (Phi) is 142. The van der Waals surface area contributed by atoms with Gasteiger partial charge in [-0.1, -0.05) is 0 Å². The molecule has 0 aromatic carbocycles. The van der Waals surface area contributed by atoms with Crippen molar-refractivity contribution >= 4 is 28.9 Å². The fourth-order valence-corrected chi connectivity index (χ4v) is 0. The van der Waals surface area contributed by atoms with Crippen molar-refractivity contribution in [3.63, 3.8) is 0 Å². The molecule has 0 N–H and O–H groups in total. The first kappa shape index (κ1) is 24.7. The topological polar surface area (TPSA) is 0 Å². The molecule has 5 heteroatoms. The molecular formula is H3CuFePSnZn. The van der Waals surface area contributed by atoms with Gasteiger partial charge in [0.05, 0.1) is 0 Å².